The molecule has 0 aromatic heterocycles. The van der Waals surface area contributed by atoms with Crippen molar-refractivity contribution >= 4 is 11.6 Å². The van der Waals surface area contributed by atoms with E-state index in [1.807, 2.05) is 0 Å². The van der Waals surface area contributed by atoms with Gasteiger partial charge in [0.25, 0.3) is 0 Å². The van der Waals surface area contributed by atoms with Crippen molar-refractivity contribution in [3.05, 3.63) is 12.2 Å². The number of ketones is 2. The van der Waals surface area contributed by atoms with Crippen molar-refractivity contribution in [2.75, 3.05) is 0 Å². The van der Waals surface area contributed by atoms with E-state index in [2.05, 4.69) is 6.58 Å². The second-order valence-electron chi connectivity index (χ2n) is 1.67. The van der Waals surface area contributed by atoms with E-state index in [-0.39, 0.29) is 0 Å². The lowest BCUT2D eigenvalue weighted by Gasteiger charge is -1.87. The second-order valence-corrected chi connectivity index (χ2v) is 1.67. The quantitative estimate of drug-likeness (QED) is 0.389. The summed E-state index contributed by atoms with van der Waals surface area (Å²) in [5.74, 6) is -0.928. The molecule has 0 saturated carbocycles. The first kappa shape index (κ1) is 7.08. The fourth-order valence-corrected chi connectivity index (χ4v) is 0.301. The zero-order valence-corrected chi connectivity index (χ0v) is 5.02. The molecule has 0 rings (SSSR count). The van der Waals surface area contributed by atoms with Gasteiger partial charge in [0.15, 0.2) is 5.78 Å². The average molecular weight is 112 g/mol. The zero-order chi connectivity index (χ0) is 6.73. The molecule has 0 fully saturated rings. The summed E-state index contributed by atoms with van der Waals surface area (Å²) in [6.07, 6.45) is 0. The van der Waals surface area contributed by atoms with Crippen LogP contribution in [-0.2, 0) is 9.59 Å². The van der Waals surface area contributed by atoms with Crippen LogP contribution >= 0.6 is 0 Å². The summed E-state index contributed by atoms with van der Waals surface area (Å²) in [4.78, 5) is 20.6. The van der Waals surface area contributed by atoms with Gasteiger partial charge in [0.1, 0.15) is 0 Å². The number of rotatable bonds is 2. The maximum absolute atomic E-state index is 10.4. The van der Waals surface area contributed by atoms with E-state index in [4.69, 9.17) is 0 Å². The maximum Gasteiger partial charge on any atom is 0.223 e. The van der Waals surface area contributed by atoms with E-state index < -0.39 is 11.6 Å². The van der Waals surface area contributed by atoms with Crippen LogP contribution in [0.15, 0.2) is 12.2 Å². The Hall–Kier alpha value is -0.920. The number of carbonyl (C=O) groups is 2. The Morgan fingerprint density at radius 3 is 1.62 bits per heavy atom. The molecule has 0 bridgehead atoms. The van der Waals surface area contributed by atoms with Gasteiger partial charge >= 0.3 is 0 Å². The predicted octanol–water partition coefficient (Wildman–Crippen LogP) is 0.721. The van der Waals surface area contributed by atoms with Crippen molar-refractivity contribution < 1.29 is 9.59 Å². The first-order valence-electron chi connectivity index (χ1n) is 2.26. The van der Waals surface area contributed by atoms with Crippen LogP contribution in [0.4, 0.5) is 0 Å². The predicted molar refractivity (Wildman–Crippen MR) is 30.5 cm³/mol. The highest BCUT2D eigenvalue weighted by Gasteiger charge is 2.05. The third kappa shape index (κ3) is 1.69. The van der Waals surface area contributed by atoms with E-state index in [0.29, 0.717) is 5.57 Å². The molecule has 0 N–H and O–H groups in total. The lowest BCUT2D eigenvalue weighted by atomic mass is 10.2. The van der Waals surface area contributed by atoms with Gasteiger partial charge in [0, 0.05) is 6.92 Å². The molecule has 0 amide bonds. The number of carbonyl (C=O) groups excluding carboxylic acids is 2. The fourth-order valence-electron chi connectivity index (χ4n) is 0.301. The summed E-state index contributed by atoms with van der Waals surface area (Å²) in [6.45, 7) is 6.06. The minimum atomic E-state index is -0.481. The Morgan fingerprint density at radius 2 is 1.62 bits per heavy atom. The molecule has 2 nitrogen and oxygen atoms in total. The number of hydrogen-bond donors (Lipinski definition) is 0. The Bertz CT molecular complexity index is 129. The smallest absolute Gasteiger partial charge is 0.223 e. The van der Waals surface area contributed by atoms with Gasteiger partial charge in [-0.1, -0.05) is 6.58 Å². The van der Waals surface area contributed by atoms with Crippen molar-refractivity contribution in [1.29, 1.82) is 0 Å². The van der Waals surface area contributed by atoms with Crippen LogP contribution in [0.5, 0.6) is 0 Å². The Morgan fingerprint density at radius 1 is 1.25 bits per heavy atom. The van der Waals surface area contributed by atoms with Crippen LogP contribution in [0.3, 0.4) is 0 Å². The average Bonchev–Trinajstić information content (AvgIpc) is 1.64. The fraction of sp³-hybridized carbons (Fsp3) is 0.333. The van der Waals surface area contributed by atoms with Gasteiger partial charge < -0.3 is 0 Å². The van der Waals surface area contributed by atoms with E-state index >= 15 is 0 Å². The van der Waals surface area contributed by atoms with Crippen LogP contribution in [0.1, 0.15) is 13.8 Å². The SMILES string of the molecule is C=C(C)C(=O)C(C)=O. The largest absolute Gasteiger partial charge is 0.291 e. The van der Waals surface area contributed by atoms with E-state index in [0.717, 1.165) is 0 Å². The minimum Gasteiger partial charge on any atom is -0.291 e. The summed E-state index contributed by atoms with van der Waals surface area (Å²) in [6, 6.07) is 0. The van der Waals surface area contributed by atoms with Crippen LogP contribution in [0.2, 0.25) is 0 Å². The van der Waals surface area contributed by atoms with Crippen LogP contribution in [0.25, 0.3) is 0 Å². The minimum absolute atomic E-state index is 0.303. The summed E-state index contributed by atoms with van der Waals surface area (Å²) < 4.78 is 0. The standard InChI is InChI=1S/C6H8O2/c1-4(2)6(8)5(3)7/h1H2,2-3H3. The van der Waals surface area contributed by atoms with E-state index in [1.54, 1.807) is 0 Å². The molecule has 0 aliphatic heterocycles. The highest BCUT2D eigenvalue weighted by Crippen LogP contribution is 1.88. The first-order valence-corrected chi connectivity index (χ1v) is 2.26. The monoisotopic (exact) mass is 112 g/mol. The van der Waals surface area contributed by atoms with Crippen molar-refractivity contribution in [1.82, 2.24) is 0 Å². The summed E-state index contributed by atoms with van der Waals surface area (Å²) in [5.41, 5.74) is 0.303. The van der Waals surface area contributed by atoms with Crippen LogP contribution in [-0.4, -0.2) is 11.6 Å². The molecule has 0 unspecified atom stereocenters. The van der Waals surface area contributed by atoms with Crippen molar-refractivity contribution in [3.8, 4) is 0 Å². The third-order valence-corrected chi connectivity index (χ3v) is 0.707. The van der Waals surface area contributed by atoms with Crippen molar-refractivity contribution in [2.45, 2.75) is 13.8 Å². The second kappa shape index (κ2) is 2.40. The normalized spacial score (nSPS) is 8.25. The van der Waals surface area contributed by atoms with E-state index in [9.17, 15) is 9.59 Å². The van der Waals surface area contributed by atoms with Gasteiger partial charge in [-0.15, -0.1) is 0 Å². The maximum atomic E-state index is 10.4. The highest BCUT2D eigenvalue weighted by molar-refractivity contribution is 6.42. The van der Waals surface area contributed by atoms with Gasteiger partial charge in [-0.25, -0.2) is 0 Å². The topological polar surface area (TPSA) is 34.1 Å². The molecule has 0 spiro atoms. The third-order valence-electron chi connectivity index (χ3n) is 0.707. The van der Waals surface area contributed by atoms with Gasteiger partial charge in [0.05, 0.1) is 0 Å². The lowest BCUT2D eigenvalue weighted by Crippen LogP contribution is -2.08. The van der Waals surface area contributed by atoms with E-state index in [1.165, 1.54) is 13.8 Å². The summed E-state index contributed by atoms with van der Waals surface area (Å²) in [5, 5.41) is 0. The van der Waals surface area contributed by atoms with Gasteiger partial charge in [-0.2, -0.15) is 0 Å². The molecule has 0 aromatic carbocycles. The molecule has 0 aliphatic carbocycles. The molecule has 0 aliphatic rings. The molecule has 0 atom stereocenters. The molecule has 2 heteroatoms. The Balaban J connectivity index is 4.05. The molecular weight excluding hydrogens is 104 g/mol. The molecule has 44 valence electrons. The Kier molecular flexibility index (Phi) is 2.13. The molecule has 0 aromatic rings. The van der Waals surface area contributed by atoms with Crippen LogP contribution < -0.4 is 0 Å². The lowest BCUT2D eigenvalue weighted by molar-refractivity contribution is -0.133. The number of allylic oxidation sites excluding steroid dienone is 1. The highest BCUT2D eigenvalue weighted by atomic mass is 16.2. The van der Waals surface area contributed by atoms with Gasteiger partial charge in [0.2, 0.25) is 5.78 Å². The van der Waals surface area contributed by atoms with Crippen LogP contribution in [0, 0.1) is 0 Å². The molecule has 0 radical (unpaired) electrons. The zero-order valence-electron chi connectivity index (χ0n) is 5.02. The van der Waals surface area contributed by atoms with Crippen molar-refractivity contribution in [2.24, 2.45) is 0 Å². The Labute approximate surface area is 48.2 Å². The molecule has 0 heterocycles. The van der Waals surface area contributed by atoms with Gasteiger partial charge in [-0.3, -0.25) is 9.59 Å². The number of Topliss-reactive ketones (excluding diaryl/α,β-unsaturated/α-hetero) is 2. The number of hydrogen-bond acceptors (Lipinski definition) is 2. The molecule has 0 saturated heterocycles. The van der Waals surface area contributed by atoms with Gasteiger partial charge in [-0.05, 0) is 12.5 Å². The first-order chi connectivity index (χ1) is 3.55. The molecule has 8 heavy (non-hydrogen) atoms. The van der Waals surface area contributed by atoms with Crippen molar-refractivity contribution in [3.63, 3.8) is 0 Å². The summed E-state index contributed by atoms with van der Waals surface area (Å²) >= 11 is 0. The summed E-state index contributed by atoms with van der Waals surface area (Å²) in [7, 11) is 0. The molecular formula is C6H8O2.